The van der Waals surface area contributed by atoms with E-state index in [0.29, 0.717) is 0 Å². The molecule has 2 rings (SSSR count). The zero-order chi connectivity index (χ0) is 15.2. The number of nitro groups is 1. The van der Waals surface area contributed by atoms with Crippen LogP contribution in [0.1, 0.15) is 11.3 Å². The van der Waals surface area contributed by atoms with E-state index in [1.54, 1.807) is 12.2 Å². The van der Waals surface area contributed by atoms with E-state index in [9.17, 15) is 19.7 Å². The molecule has 0 spiro atoms. The summed E-state index contributed by atoms with van der Waals surface area (Å²) in [5.41, 5.74) is -1.71. The van der Waals surface area contributed by atoms with Crippen LogP contribution in [-0.4, -0.2) is 14.9 Å². The van der Waals surface area contributed by atoms with Gasteiger partial charge in [-0.15, -0.1) is 0 Å². The summed E-state index contributed by atoms with van der Waals surface area (Å²) in [6.07, 6.45) is 6.24. The summed E-state index contributed by atoms with van der Waals surface area (Å²) in [5.74, 6) is 0. The zero-order valence-electron chi connectivity index (χ0n) is 10.8. The lowest BCUT2D eigenvalue weighted by molar-refractivity contribution is -0.386. The molecule has 106 valence electrons. The number of aromatic amines is 2. The van der Waals surface area contributed by atoms with Crippen LogP contribution in [0.25, 0.3) is 12.2 Å². The van der Waals surface area contributed by atoms with Crippen LogP contribution in [0.2, 0.25) is 0 Å². The molecule has 7 heteroatoms. The molecule has 2 aromatic rings. The minimum atomic E-state index is -1.03. The number of hydrogen-bond acceptors (Lipinski definition) is 4. The summed E-state index contributed by atoms with van der Waals surface area (Å²) >= 11 is 0. The molecular weight excluding hydrogens is 274 g/mol. The molecule has 0 aliphatic heterocycles. The molecule has 0 unspecified atom stereocenters. The highest BCUT2D eigenvalue weighted by atomic mass is 16.6. The summed E-state index contributed by atoms with van der Waals surface area (Å²) in [6.45, 7) is 0. The third-order valence-corrected chi connectivity index (χ3v) is 2.59. The molecule has 0 fully saturated rings. The Morgan fingerprint density at radius 1 is 1.00 bits per heavy atom. The van der Waals surface area contributed by atoms with Gasteiger partial charge < -0.3 is 4.98 Å². The molecule has 21 heavy (non-hydrogen) atoms. The van der Waals surface area contributed by atoms with Gasteiger partial charge >= 0.3 is 16.9 Å². The van der Waals surface area contributed by atoms with Crippen LogP contribution >= 0.6 is 0 Å². The minimum absolute atomic E-state index is 0.147. The summed E-state index contributed by atoms with van der Waals surface area (Å²) in [4.78, 5) is 36.6. The predicted octanol–water partition coefficient (Wildman–Crippen LogP) is 1.70. The first kappa shape index (κ1) is 14.2. The van der Waals surface area contributed by atoms with Crippen LogP contribution in [-0.2, 0) is 0 Å². The highest BCUT2D eigenvalue weighted by Gasteiger charge is 2.18. The van der Waals surface area contributed by atoms with Crippen molar-refractivity contribution >= 4 is 17.8 Å². The number of H-pyrrole nitrogens is 2. The second kappa shape index (κ2) is 6.29. The fourth-order valence-corrected chi connectivity index (χ4v) is 1.68. The molecule has 0 radical (unpaired) electrons. The van der Waals surface area contributed by atoms with E-state index in [0.717, 1.165) is 5.56 Å². The first-order valence-corrected chi connectivity index (χ1v) is 5.99. The van der Waals surface area contributed by atoms with Crippen molar-refractivity contribution in [3.8, 4) is 0 Å². The van der Waals surface area contributed by atoms with Gasteiger partial charge in [-0.05, 0) is 11.6 Å². The van der Waals surface area contributed by atoms with E-state index < -0.39 is 21.9 Å². The van der Waals surface area contributed by atoms with Gasteiger partial charge in [0.2, 0.25) is 0 Å². The number of benzene rings is 1. The smallest absolute Gasteiger partial charge is 0.301 e. The maximum absolute atomic E-state index is 11.4. The molecule has 2 N–H and O–H groups in total. The molecule has 1 heterocycles. The van der Waals surface area contributed by atoms with E-state index in [4.69, 9.17) is 0 Å². The quantitative estimate of drug-likeness (QED) is 0.506. The second-order valence-corrected chi connectivity index (χ2v) is 4.06. The van der Waals surface area contributed by atoms with Crippen molar-refractivity contribution in [2.24, 2.45) is 0 Å². The monoisotopic (exact) mass is 285 g/mol. The van der Waals surface area contributed by atoms with Crippen LogP contribution in [0.3, 0.4) is 0 Å². The Kier molecular flexibility index (Phi) is 4.25. The Morgan fingerprint density at radius 2 is 1.67 bits per heavy atom. The van der Waals surface area contributed by atoms with E-state index >= 15 is 0 Å². The third-order valence-electron chi connectivity index (χ3n) is 2.59. The zero-order valence-corrected chi connectivity index (χ0v) is 10.8. The van der Waals surface area contributed by atoms with E-state index in [-0.39, 0.29) is 5.69 Å². The minimum Gasteiger partial charge on any atom is -0.301 e. The van der Waals surface area contributed by atoms with Gasteiger partial charge in [0.05, 0.1) is 4.92 Å². The van der Waals surface area contributed by atoms with Crippen LogP contribution in [0.4, 0.5) is 5.69 Å². The van der Waals surface area contributed by atoms with Crippen molar-refractivity contribution in [1.82, 2.24) is 9.97 Å². The summed E-state index contributed by atoms with van der Waals surface area (Å²) in [5, 5.41) is 10.8. The standard InChI is InChI=1S/C14H11N3O4/c18-13-12(17(20)21)11(15-14(19)16-13)9-5-4-8-10-6-2-1-3-7-10/h1-9H,(H2,15,16,18,19)/b8-4?,9-5-. The number of hydrogen-bond donors (Lipinski definition) is 2. The van der Waals surface area contributed by atoms with Crippen molar-refractivity contribution in [2.75, 3.05) is 0 Å². The molecule has 0 aliphatic carbocycles. The average Bonchev–Trinajstić information content (AvgIpc) is 2.43. The van der Waals surface area contributed by atoms with Crippen LogP contribution in [0, 0.1) is 10.1 Å². The first-order chi connectivity index (χ1) is 10.1. The van der Waals surface area contributed by atoms with Gasteiger partial charge in [-0.2, -0.15) is 0 Å². The van der Waals surface area contributed by atoms with Gasteiger partial charge in [-0.1, -0.05) is 48.6 Å². The number of nitrogens with zero attached hydrogens (tertiary/aromatic N) is 1. The molecule has 0 aliphatic rings. The molecule has 0 bridgehead atoms. The SMILES string of the molecule is O=c1[nH]c(/C=C\C=Cc2ccccc2)c([N+](=O)[O-])c(=O)[nH]1. The molecule has 0 saturated heterocycles. The van der Waals surface area contributed by atoms with E-state index in [1.165, 1.54) is 12.2 Å². The second-order valence-electron chi connectivity index (χ2n) is 4.06. The molecule has 0 amide bonds. The molecule has 1 aromatic carbocycles. The van der Waals surface area contributed by atoms with Crippen molar-refractivity contribution < 1.29 is 4.92 Å². The van der Waals surface area contributed by atoms with Crippen molar-refractivity contribution in [3.63, 3.8) is 0 Å². The maximum Gasteiger partial charge on any atom is 0.357 e. The summed E-state index contributed by atoms with van der Waals surface area (Å²) in [6, 6.07) is 9.42. The van der Waals surface area contributed by atoms with Gasteiger partial charge in [0, 0.05) is 0 Å². The van der Waals surface area contributed by atoms with E-state index in [1.807, 2.05) is 35.3 Å². The number of aromatic nitrogens is 2. The highest BCUT2D eigenvalue weighted by molar-refractivity contribution is 5.59. The van der Waals surface area contributed by atoms with Crippen molar-refractivity contribution in [3.05, 3.63) is 84.7 Å². The third kappa shape index (κ3) is 3.63. The number of nitrogens with one attached hydrogen (secondary N) is 2. The Bertz CT molecular complexity index is 816. The van der Waals surface area contributed by atoms with Crippen LogP contribution < -0.4 is 11.2 Å². The first-order valence-electron chi connectivity index (χ1n) is 5.99. The Morgan fingerprint density at radius 3 is 2.33 bits per heavy atom. The summed E-state index contributed by atoms with van der Waals surface area (Å²) in [7, 11) is 0. The number of allylic oxidation sites excluding steroid dienone is 2. The van der Waals surface area contributed by atoms with Gasteiger partial charge in [0.1, 0.15) is 5.69 Å². The molecule has 1 aromatic heterocycles. The highest BCUT2D eigenvalue weighted by Crippen LogP contribution is 2.10. The molecule has 0 atom stereocenters. The molecule has 7 nitrogen and oxygen atoms in total. The van der Waals surface area contributed by atoms with Crippen molar-refractivity contribution in [2.45, 2.75) is 0 Å². The Labute approximate surface area is 118 Å². The van der Waals surface area contributed by atoms with Crippen LogP contribution in [0.15, 0.2) is 52.1 Å². The normalized spacial score (nSPS) is 11.2. The topological polar surface area (TPSA) is 109 Å². The fourth-order valence-electron chi connectivity index (χ4n) is 1.68. The predicted molar refractivity (Wildman–Crippen MR) is 78.8 cm³/mol. The van der Waals surface area contributed by atoms with Gasteiger partial charge in [-0.25, -0.2) is 4.79 Å². The van der Waals surface area contributed by atoms with Gasteiger partial charge in [-0.3, -0.25) is 19.9 Å². The lowest BCUT2D eigenvalue weighted by Gasteiger charge is -1.95. The lowest BCUT2D eigenvalue weighted by Crippen LogP contribution is -2.25. The Hall–Kier alpha value is -3.22. The van der Waals surface area contributed by atoms with Crippen molar-refractivity contribution in [1.29, 1.82) is 0 Å². The van der Waals surface area contributed by atoms with Gasteiger partial charge in [0.25, 0.3) is 0 Å². The fraction of sp³-hybridized carbons (Fsp3) is 0. The number of rotatable bonds is 4. The lowest BCUT2D eigenvalue weighted by atomic mass is 10.2. The maximum atomic E-state index is 11.4. The van der Waals surface area contributed by atoms with Crippen LogP contribution in [0.5, 0.6) is 0 Å². The molecule has 0 saturated carbocycles. The average molecular weight is 285 g/mol. The van der Waals surface area contributed by atoms with Gasteiger partial charge in [0.15, 0.2) is 0 Å². The molecular formula is C14H11N3O4. The Balaban J connectivity index is 2.29. The largest absolute Gasteiger partial charge is 0.357 e. The van der Waals surface area contributed by atoms with E-state index in [2.05, 4.69) is 4.98 Å². The summed E-state index contributed by atoms with van der Waals surface area (Å²) < 4.78 is 0.